The van der Waals surface area contributed by atoms with Crippen molar-refractivity contribution in [2.45, 2.75) is 25.7 Å². The minimum Gasteiger partial charge on any atom is -0.482 e. The maximum atomic E-state index is 12.3. The summed E-state index contributed by atoms with van der Waals surface area (Å²) in [6.07, 6.45) is -1.21. The average Bonchev–Trinajstić information content (AvgIpc) is 3.01. The third-order valence-electron chi connectivity index (χ3n) is 3.29. The van der Waals surface area contributed by atoms with E-state index >= 15 is 0 Å². The van der Waals surface area contributed by atoms with Gasteiger partial charge in [0.25, 0.3) is 5.91 Å². The van der Waals surface area contributed by atoms with Gasteiger partial charge in [0.15, 0.2) is 17.2 Å². The number of carboxylic acid groups (broad SMARTS) is 1. The first-order chi connectivity index (χ1) is 11.0. The number of hydrogen-bond acceptors (Lipinski definition) is 6. The molecule has 3 rings (SSSR count). The lowest BCUT2D eigenvalue weighted by Crippen LogP contribution is -2.48. The zero-order valence-electron chi connectivity index (χ0n) is 12.2. The monoisotopic (exact) mass is 334 g/mol. The van der Waals surface area contributed by atoms with Crippen molar-refractivity contribution < 1.29 is 24.2 Å². The van der Waals surface area contributed by atoms with Crippen LogP contribution in [0.3, 0.4) is 0 Å². The zero-order valence-corrected chi connectivity index (χ0v) is 13.0. The lowest BCUT2D eigenvalue weighted by Gasteiger charge is -2.30. The number of carbonyl (C=O) groups is 2. The van der Waals surface area contributed by atoms with Gasteiger partial charge >= 0.3 is 5.97 Å². The Balaban J connectivity index is 1.63. The molecule has 0 saturated carbocycles. The molecular formula is C15H14N2O5S. The number of carboxylic acids is 1. The number of hydrogen-bond donors (Lipinski definition) is 2. The molecule has 0 fully saturated rings. The first-order valence-corrected chi connectivity index (χ1v) is 7.80. The highest BCUT2D eigenvalue weighted by atomic mass is 32.1. The number of fused-ring (bicyclic) bond motifs is 1. The van der Waals surface area contributed by atoms with Gasteiger partial charge < -0.3 is 19.9 Å². The molecular weight excluding hydrogens is 320 g/mol. The van der Waals surface area contributed by atoms with Gasteiger partial charge in [-0.1, -0.05) is 12.1 Å². The summed E-state index contributed by atoms with van der Waals surface area (Å²) in [5, 5.41) is 13.5. The van der Waals surface area contributed by atoms with E-state index in [2.05, 4.69) is 10.3 Å². The zero-order chi connectivity index (χ0) is 16.4. The normalized spacial score (nSPS) is 19.2. The summed E-state index contributed by atoms with van der Waals surface area (Å²) in [4.78, 5) is 27.0. The van der Waals surface area contributed by atoms with Crippen molar-refractivity contribution in [3.8, 4) is 11.5 Å². The van der Waals surface area contributed by atoms with Crippen molar-refractivity contribution in [3.05, 3.63) is 40.3 Å². The lowest BCUT2D eigenvalue weighted by molar-refractivity contribution is -0.133. The number of aromatic carboxylic acids is 1. The topological polar surface area (TPSA) is 97.8 Å². The Morgan fingerprint density at radius 3 is 2.65 bits per heavy atom. The van der Waals surface area contributed by atoms with Crippen LogP contribution in [0.2, 0.25) is 0 Å². The van der Waals surface area contributed by atoms with Crippen molar-refractivity contribution in [2.75, 3.05) is 0 Å². The molecule has 1 aromatic heterocycles. The number of benzene rings is 1. The molecule has 120 valence electrons. The van der Waals surface area contributed by atoms with Crippen LogP contribution in [0.1, 0.15) is 22.4 Å². The second kappa shape index (κ2) is 6.25. The smallest absolute Gasteiger partial charge is 0.355 e. The Morgan fingerprint density at radius 1 is 1.30 bits per heavy atom. The fourth-order valence-corrected chi connectivity index (χ4v) is 2.87. The molecule has 0 unspecified atom stereocenters. The minimum atomic E-state index is -1.09. The number of ether oxygens (including phenoxy) is 2. The first kappa shape index (κ1) is 15.3. The highest BCUT2D eigenvalue weighted by molar-refractivity contribution is 7.09. The van der Waals surface area contributed by atoms with Gasteiger partial charge in [0.05, 0.1) is 6.54 Å². The van der Waals surface area contributed by atoms with Gasteiger partial charge in [-0.25, -0.2) is 9.78 Å². The van der Waals surface area contributed by atoms with Crippen LogP contribution in [0.4, 0.5) is 0 Å². The molecule has 2 heterocycles. The standard InChI is InChI=1S/C15H14N2O5S/c1-8-13(22-11-5-3-2-4-10(11)21-8)14(18)16-6-12-17-9(7-23-12)15(19)20/h2-5,7-8,13H,6H2,1H3,(H,16,18)(H,19,20)/t8-,13-/m1/s1. The molecule has 0 saturated heterocycles. The van der Waals surface area contributed by atoms with Gasteiger partial charge in [-0.05, 0) is 19.1 Å². The van der Waals surface area contributed by atoms with Crippen LogP contribution >= 0.6 is 11.3 Å². The van der Waals surface area contributed by atoms with E-state index in [-0.39, 0.29) is 18.1 Å². The van der Waals surface area contributed by atoms with E-state index < -0.39 is 18.2 Å². The highest BCUT2D eigenvalue weighted by Gasteiger charge is 2.33. The van der Waals surface area contributed by atoms with E-state index in [1.807, 2.05) is 6.07 Å². The number of rotatable bonds is 4. The van der Waals surface area contributed by atoms with Crippen molar-refractivity contribution in [1.29, 1.82) is 0 Å². The van der Waals surface area contributed by atoms with Gasteiger partial charge in [-0.2, -0.15) is 0 Å². The molecule has 0 bridgehead atoms. The van der Waals surface area contributed by atoms with Crippen molar-refractivity contribution in [3.63, 3.8) is 0 Å². The van der Waals surface area contributed by atoms with E-state index in [1.54, 1.807) is 25.1 Å². The van der Waals surface area contributed by atoms with E-state index in [0.29, 0.717) is 16.5 Å². The van der Waals surface area contributed by atoms with Gasteiger partial charge in [0, 0.05) is 5.38 Å². The molecule has 23 heavy (non-hydrogen) atoms. The summed E-state index contributed by atoms with van der Waals surface area (Å²) in [7, 11) is 0. The quantitative estimate of drug-likeness (QED) is 0.883. The predicted molar refractivity (Wildman–Crippen MR) is 81.9 cm³/mol. The van der Waals surface area contributed by atoms with Crippen LogP contribution in [0.5, 0.6) is 11.5 Å². The molecule has 1 aliphatic rings. The number of nitrogens with zero attached hydrogens (tertiary/aromatic N) is 1. The fourth-order valence-electron chi connectivity index (χ4n) is 2.16. The van der Waals surface area contributed by atoms with Gasteiger partial charge in [-0.15, -0.1) is 11.3 Å². The molecule has 0 spiro atoms. The van der Waals surface area contributed by atoms with Gasteiger partial charge in [0.2, 0.25) is 6.10 Å². The Labute approximate surface area is 135 Å². The molecule has 0 aliphatic carbocycles. The summed E-state index contributed by atoms with van der Waals surface area (Å²) in [6, 6.07) is 7.15. The number of aromatic nitrogens is 1. The van der Waals surface area contributed by atoms with Crippen LogP contribution in [0.15, 0.2) is 29.6 Å². The molecule has 1 aliphatic heterocycles. The second-order valence-electron chi connectivity index (χ2n) is 4.96. The summed E-state index contributed by atoms with van der Waals surface area (Å²) in [5.74, 6) is -0.296. The number of nitrogens with one attached hydrogen (secondary N) is 1. The number of carbonyl (C=O) groups excluding carboxylic acids is 1. The van der Waals surface area contributed by atoms with E-state index in [0.717, 1.165) is 0 Å². The molecule has 2 N–H and O–H groups in total. The number of para-hydroxylation sites is 2. The Kier molecular flexibility index (Phi) is 4.16. The predicted octanol–water partition coefficient (Wildman–Crippen LogP) is 1.69. The van der Waals surface area contributed by atoms with Gasteiger partial charge in [-0.3, -0.25) is 4.79 Å². The minimum absolute atomic E-state index is 0.0289. The van der Waals surface area contributed by atoms with Crippen LogP contribution in [0.25, 0.3) is 0 Å². The fraction of sp³-hybridized carbons (Fsp3) is 0.267. The third-order valence-corrected chi connectivity index (χ3v) is 4.13. The van der Waals surface area contributed by atoms with Crippen molar-refractivity contribution in [1.82, 2.24) is 10.3 Å². The molecule has 8 heteroatoms. The van der Waals surface area contributed by atoms with Crippen LogP contribution in [-0.2, 0) is 11.3 Å². The van der Waals surface area contributed by atoms with Gasteiger partial charge in [0.1, 0.15) is 11.1 Å². The van der Waals surface area contributed by atoms with E-state index in [4.69, 9.17) is 14.6 Å². The van der Waals surface area contributed by atoms with Crippen LogP contribution in [-0.4, -0.2) is 34.2 Å². The summed E-state index contributed by atoms with van der Waals surface area (Å²) in [6.45, 7) is 1.90. The Hall–Kier alpha value is -2.61. The van der Waals surface area contributed by atoms with Crippen molar-refractivity contribution in [2.24, 2.45) is 0 Å². The van der Waals surface area contributed by atoms with E-state index in [9.17, 15) is 9.59 Å². The third kappa shape index (κ3) is 3.26. The first-order valence-electron chi connectivity index (χ1n) is 6.92. The highest BCUT2D eigenvalue weighted by Crippen LogP contribution is 2.33. The molecule has 1 aromatic carbocycles. The average molecular weight is 334 g/mol. The molecule has 7 nitrogen and oxygen atoms in total. The van der Waals surface area contributed by atoms with Crippen LogP contribution in [0, 0.1) is 0 Å². The SMILES string of the molecule is C[C@H]1Oc2ccccc2O[C@H]1C(=O)NCc1nc(C(=O)O)cs1. The number of thiazole rings is 1. The Morgan fingerprint density at radius 2 is 2.00 bits per heavy atom. The lowest BCUT2D eigenvalue weighted by atomic mass is 10.1. The summed E-state index contributed by atoms with van der Waals surface area (Å²) in [5.41, 5.74) is -0.0289. The molecule has 1 amide bonds. The summed E-state index contributed by atoms with van der Waals surface area (Å²) >= 11 is 1.18. The molecule has 0 radical (unpaired) electrons. The number of amides is 1. The second-order valence-corrected chi connectivity index (χ2v) is 5.90. The van der Waals surface area contributed by atoms with Crippen molar-refractivity contribution >= 4 is 23.2 Å². The Bertz CT molecular complexity index is 745. The molecule has 2 aromatic rings. The maximum absolute atomic E-state index is 12.3. The largest absolute Gasteiger partial charge is 0.482 e. The van der Waals surface area contributed by atoms with E-state index in [1.165, 1.54) is 16.7 Å². The maximum Gasteiger partial charge on any atom is 0.355 e. The van der Waals surface area contributed by atoms with Crippen LogP contribution < -0.4 is 14.8 Å². The summed E-state index contributed by atoms with van der Waals surface area (Å²) < 4.78 is 11.4. The molecule has 2 atom stereocenters.